The Morgan fingerprint density at radius 3 is 2.84 bits per heavy atom. The van der Waals surface area contributed by atoms with Crippen LogP contribution in [0.5, 0.6) is 0 Å². The molecule has 3 aromatic rings. The summed E-state index contributed by atoms with van der Waals surface area (Å²) in [5, 5.41) is 6.68. The molecule has 19 heavy (non-hydrogen) atoms. The number of fused-ring (bicyclic) bond motifs is 1. The Hall–Kier alpha value is -1.99. The highest BCUT2D eigenvalue weighted by Gasteiger charge is 2.10. The first-order chi connectivity index (χ1) is 9.28. The summed E-state index contributed by atoms with van der Waals surface area (Å²) in [6, 6.07) is 5.41. The molecule has 0 saturated heterocycles. The number of rotatable bonds is 3. The quantitative estimate of drug-likeness (QED) is 0.773. The lowest BCUT2D eigenvalue weighted by atomic mass is 10.2. The van der Waals surface area contributed by atoms with Gasteiger partial charge in [0.25, 0.3) is 0 Å². The number of benzene rings is 1. The summed E-state index contributed by atoms with van der Waals surface area (Å²) >= 11 is 7.35. The largest absolute Gasteiger partial charge is 0.373 e. The molecule has 2 N–H and O–H groups in total. The van der Waals surface area contributed by atoms with Gasteiger partial charge in [0, 0.05) is 13.1 Å². The first-order valence-corrected chi connectivity index (χ1v) is 6.56. The van der Waals surface area contributed by atoms with Gasteiger partial charge in [0.2, 0.25) is 0 Å². The van der Waals surface area contributed by atoms with E-state index in [1.807, 2.05) is 6.07 Å². The summed E-state index contributed by atoms with van der Waals surface area (Å²) in [6.07, 6.45) is 1.47. The molecular weight excluding hydrogens is 284 g/mol. The molecule has 6 nitrogen and oxygen atoms in total. The summed E-state index contributed by atoms with van der Waals surface area (Å²) < 4.78 is 8.43. The van der Waals surface area contributed by atoms with Gasteiger partial charge in [0.1, 0.15) is 29.0 Å². The SMILES string of the molecule is CNc1cc(Nc2c(Cl)ccc3nsnc23)ncn1. The lowest BCUT2D eigenvalue weighted by Crippen LogP contribution is -1.99. The maximum atomic E-state index is 6.20. The van der Waals surface area contributed by atoms with E-state index in [9.17, 15) is 0 Å². The van der Waals surface area contributed by atoms with E-state index in [1.54, 1.807) is 19.2 Å². The normalized spacial score (nSPS) is 10.6. The van der Waals surface area contributed by atoms with Crippen LogP contribution in [-0.2, 0) is 0 Å². The molecular formula is C11H9ClN6S. The maximum Gasteiger partial charge on any atom is 0.135 e. The van der Waals surface area contributed by atoms with Crippen LogP contribution in [0.3, 0.4) is 0 Å². The summed E-state index contributed by atoms with van der Waals surface area (Å²) in [4.78, 5) is 8.20. The van der Waals surface area contributed by atoms with Crippen LogP contribution in [0.25, 0.3) is 11.0 Å². The number of hydrogen-bond donors (Lipinski definition) is 2. The zero-order valence-corrected chi connectivity index (χ0v) is 11.5. The monoisotopic (exact) mass is 292 g/mol. The van der Waals surface area contributed by atoms with Gasteiger partial charge in [0.05, 0.1) is 22.4 Å². The van der Waals surface area contributed by atoms with E-state index in [0.29, 0.717) is 16.5 Å². The van der Waals surface area contributed by atoms with E-state index in [0.717, 1.165) is 28.6 Å². The zero-order valence-electron chi connectivity index (χ0n) is 9.88. The molecule has 3 rings (SSSR count). The Labute approximate surface area is 118 Å². The standard InChI is InChI=1S/C11H9ClN6S/c1-13-8-4-9(15-5-14-8)16-10-6(12)2-3-7-11(10)18-19-17-7/h2-5H,1H3,(H2,13,14,15,16). The molecule has 0 aliphatic heterocycles. The highest BCUT2D eigenvalue weighted by atomic mass is 35.5. The van der Waals surface area contributed by atoms with Gasteiger partial charge >= 0.3 is 0 Å². The Balaban J connectivity index is 2.04. The fourth-order valence-corrected chi connectivity index (χ4v) is 2.38. The third-order valence-corrected chi connectivity index (χ3v) is 3.41. The molecule has 1 aromatic carbocycles. The van der Waals surface area contributed by atoms with Gasteiger partial charge in [-0.1, -0.05) is 11.6 Å². The highest BCUT2D eigenvalue weighted by molar-refractivity contribution is 7.00. The Bertz CT molecular complexity index is 728. The Morgan fingerprint density at radius 2 is 2.00 bits per heavy atom. The molecule has 2 heterocycles. The zero-order chi connectivity index (χ0) is 13.2. The van der Waals surface area contributed by atoms with E-state index >= 15 is 0 Å². The fourth-order valence-electron chi connectivity index (χ4n) is 1.64. The van der Waals surface area contributed by atoms with Crippen LogP contribution in [0.1, 0.15) is 0 Å². The van der Waals surface area contributed by atoms with Crippen molar-refractivity contribution < 1.29 is 0 Å². The Kier molecular flexibility index (Phi) is 3.14. The van der Waals surface area contributed by atoms with Gasteiger partial charge in [0.15, 0.2) is 0 Å². The summed E-state index contributed by atoms with van der Waals surface area (Å²) in [5.41, 5.74) is 2.25. The average Bonchev–Trinajstić information content (AvgIpc) is 2.91. The van der Waals surface area contributed by atoms with E-state index in [1.165, 1.54) is 6.33 Å². The predicted molar refractivity (Wildman–Crippen MR) is 77.3 cm³/mol. The molecule has 0 amide bonds. The maximum absolute atomic E-state index is 6.20. The van der Waals surface area contributed by atoms with Gasteiger partial charge in [-0.15, -0.1) is 0 Å². The van der Waals surface area contributed by atoms with Crippen LogP contribution < -0.4 is 10.6 Å². The van der Waals surface area contributed by atoms with Crippen molar-refractivity contribution in [3.05, 3.63) is 29.5 Å². The molecule has 0 aliphatic rings. The molecule has 0 spiro atoms. The second-order valence-electron chi connectivity index (χ2n) is 3.72. The molecule has 2 aromatic heterocycles. The summed E-state index contributed by atoms with van der Waals surface area (Å²) in [5.74, 6) is 1.36. The minimum Gasteiger partial charge on any atom is -0.373 e. The van der Waals surface area contributed by atoms with E-state index in [2.05, 4.69) is 29.3 Å². The van der Waals surface area contributed by atoms with Gasteiger partial charge in [-0.2, -0.15) is 8.75 Å². The topological polar surface area (TPSA) is 75.6 Å². The highest BCUT2D eigenvalue weighted by Crippen LogP contribution is 2.32. The summed E-state index contributed by atoms with van der Waals surface area (Å²) in [6.45, 7) is 0. The number of anilines is 3. The molecule has 0 radical (unpaired) electrons. The van der Waals surface area contributed by atoms with Crippen LogP contribution in [0, 0.1) is 0 Å². The molecule has 0 atom stereocenters. The third-order valence-electron chi connectivity index (χ3n) is 2.55. The lowest BCUT2D eigenvalue weighted by Gasteiger charge is -2.08. The van der Waals surface area contributed by atoms with Gasteiger partial charge < -0.3 is 10.6 Å². The second-order valence-corrected chi connectivity index (χ2v) is 4.65. The van der Waals surface area contributed by atoms with E-state index < -0.39 is 0 Å². The molecule has 0 fully saturated rings. The van der Waals surface area contributed by atoms with Crippen LogP contribution in [0.15, 0.2) is 24.5 Å². The Morgan fingerprint density at radius 1 is 1.16 bits per heavy atom. The molecule has 0 unspecified atom stereocenters. The van der Waals surface area contributed by atoms with Crippen LogP contribution >= 0.6 is 23.3 Å². The van der Waals surface area contributed by atoms with Crippen molar-refractivity contribution in [2.45, 2.75) is 0 Å². The number of nitrogens with one attached hydrogen (secondary N) is 2. The average molecular weight is 293 g/mol. The molecule has 96 valence electrons. The first-order valence-electron chi connectivity index (χ1n) is 5.45. The van der Waals surface area contributed by atoms with Crippen molar-refractivity contribution in [3.63, 3.8) is 0 Å². The van der Waals surface area contributed by atoms with Crippen molar-refractivity contribution in [2.75, 3.05) is 17.7 Å². The number of aromatic nitrogens is 4. The second kappa shape index (κ2) is 4.94. The molecule has 0 saturated carbocycles. The van der Waals surface area contributed by atoms with Crippen molar-refractivity contribution in [2.24, 2.45) is 0 Å². The van der Waals surface area contributed by atoms with Crippen LogP contribution in [0.4, 0.5) is 17.3 Å². The number of halogens is 1. The van der Waals surface area contributed by atoms with Gasteiger partial charge in [-0.25, -0.2) is 9.97 Å². The molecule has 0 bridgehead atoms. The van der Waals surface area contributed by atoms with Crippen molar-refractivity contribution in [3.8, 4) is 0 Å². The minimum absolute atomic E-state index is 0.574. The first kappa shape index (κ1) is 12.1. The van der Waals surface area contributed by atoms with Gasteiger partial charge in [-0.3, -0.25) is 0 Å². The predicted octanol–water partition coefficient (Wildman–Crippen LogP) is 2.92. The van der Waals surface area contributed by atoms with Crippen molar-refractivity contribution >= 4 is 51.7 Å². The molecule has 8 heteroatoms. The molecule has 0 aliphatic carbocycles. The third kappa shape index (κ3) is 2.29. The lowest BCUT2D eigenvalue weighted by molar-refractivity contribution is 1.16. The van der Waals surface area contributed by atoms with Gasteiger partial charge in [-0.05, 0) is 12.1 Å². The van der Waals surface area contributed by atoms with E-state index in [-0.39, 0.29) is 0 Å². The number of hydrogen-bond acceptors (Lipinski definition) is 7. The fraction of sp³-hybridized carbons (Fsp3) is 0.0909. The minimum atomic E-state index is 0.574. The van der Waals surface area contributed by atoms with E-state index in [4.69, 9.17) is 11.6 Å². The summed E-state index contributed by atoms with van der Waals surface area (Å²) in [7, 11) is 1.80. The van der Waals surface area contributed by atoms with Crippen molar-refractivity contribution in [1.82, 2.24) is 18.7 Å². The van der Waals surface area contributed by atoms with Crippen LogP contribution in [0.2, 0.25) is 5.02 Å². The number of nitrogens with zero attached hydrogens (tertiary/aromatic N) is 4. The smallest absolute Gasteiger partial charge is 0.135 e. The van der Waals surface area contributed by atoms with Crippen LogP contribution in [-0.4, -0.2) is 25.8 Å². The van der Waals surface area contributed by atoms with Crippen molar-refractivity contribution in [1.29, 1.82) is 0 Å².